The highest BCUT2D eigenvalue weighted by atomic mass is 16.4. The fourth-order valence-electron chi connectivity index (χ4n) is 3.57. The number of carboxylic acids is 1. The van der Waals surface area contributed by atoms with Gasteiger partial charge in [-0.05, 0) is 32.2 Å². The van der Waals surface area contributed by atoms with Crippen molar-refractivity contribution in [2.75, 3.05) is 7.05 Å². The van der Waals surface area contributed by atoms with Crippen LogP contribution >= 0.6 is 0 Å². The van der Waals surface area contributed by atoms with Crippen molar-refractivity contribution in [1.82, 2.24) is 14.5 Å². The van der Waals surface area contributed by atoms with Crippen LogP contribution in [0.25, 0.3) is 0 Å². The van der Waals surface area contributed by atoms with Gasteiger partial charge in [0.2, 0.25) is 0 Å². The van der Waals surface area contributed by atoms with Crippen molar-refractivity contribution in [3.63, 3.8) is 0 Å². The second-order valence-electron chi connectivity index (χ2n) is 6.35. The largest absolute Gasteiger partial charge is 0.481 e. The van der Waals surface area contributed by atoms with Crippen LogP contribution in [-0.4, -0.2) is 38.6 Å². The summed E-state index contributed by atoms with van der Waals surface area (Å²) in [6.07, 6.45) is 8.95. The Morgan fingerprint density at radius 2 is 2.29 bits per heavy atom. The van der Waals surface area contributed by atoms with Gasteiger partial charge in [-0.15, -0.1) is 0 Å². The molecule has 0 radical (unpaired) electrons. The van der Waals surface area contributed by atoms with Crippen LogP contribution in [0.3, 0.4) is 0 Å². The molecule has 1 aromatic rings. The van der Waals surface area contributed by atoms with E-state index in [0.29, 0.717) is 12.5 Å². The van der Waals surface area contributed by atoms with Gasteiger partial charge in [-0.25, -0.2) is 4.98 Å². The van der Waals surface area contributed by atoms with Gasteiger partial charge >= 0.3 is 5.97 Å². The summed E-state index contributed by atoms with van der Waals surface area (Å²) < 4.78 is 2.00. The van der Waals surface area contributed by atoms with E-state index in [4.69, 9.17) is 0 Å². The molecule has 3 unspecified atom stereocenters. The van der Waals surface area contributed by atoms with E-state index in [1.165, 1.54) is 12.8 Å². The van der Waals surface area contributed by atoms with Crippen molar-refractivity contribution in [2.24, 2.45) is 18.9 Å². The third kappa shape index (κ3) is 3.84. The van der Waals surface area contributed by atoms with Gasteiger partial charge in [0.25, 0.3) is 0 Å². The Balaban J connectivity index is 2.07. The molecule has 1 heterocycles. The fourth-order valence-corrected chi connectivity index (χ4v) is 3.57. The molecule has 0 aliphatic heterocycles. The third-order valence-corrected chi connectivity index (χ3v) is 4.82. The number of nitrogens with zero attached hydrogens (tertiary/aromatic N) is 3. The second-order valence-corrected chi connectivity index (χ2v) is 6.35. The number of carboxylic acid groups (broad SMARTS) is 1. The summed E-state index contributed by atoms with van der Waals surface area (Å²) in [4.78, 5) is 18.1. The quantitative estimate of drug-likeness (QED) is 0.875. The van der Waals surface area contributed by atoms with Crippen molar-refractivity contribution < 1.29 is 9.90 Å². The number of aryl methyl sites for hydroxylation is 1. The lowest BCUT2D eigenvalue weighted by molar-refractivity contribution is -0.146. The Labute approximate surface area is 127 Å². The molecule has 1 aliphatic carbocycles. The average molecular weight is 293 g/mol. The Morgan fingerprint density at radius 1 is 1.52 bits per heavy atom. The second kappa shape index (κ2) is 7.07. The van der Waals surface area contributed by atoms with Gasteiger partial charge in [-0.2, -0.15) is 0 Å². The lowest BCUT2D eigenvalue weighted by Gasteiger charge is -2.39. The van der Waals surface area contributed by atoms with Gasteiger partial charge in [0.1, 0.15) is 5.82 Å². The van der Waals surface area contributed by atoms with Crippen LogP contribution in [-0.2, 0) is 18.4 Å². The number of carbonyl (C=O) groups is 1. The predicted molar refractivity (Wildman–Crippen MR) is 81.8 cm³/mol. The maximum atomic E-state index is 11.6. The Hall–Kier alpha value is -1.36. The molecule has 0 saturated heterocycles. The maximum Gasteiger partial charge on any atom is 0.308 e. The lowest BCUT2D eigenvalue weighted by Crippen LogP contribution is -2.45. The highest BCUT2D eigenvalue weighted by Crippen LogP contribution is 2.35. The molecule has 0 spiro atoms. The molecule has 2 rings (SSSR count). The van der Waals surface area contributed by atoms with E-state index >= 15 is 0 Å². The number of aromatic nitrogens is 2. The van der Waals surface area contributed by atoms with Gasteiger partial charge < -0.3 is 9.67 Å². The molecule has 1 aromatic heterocycles. The van der Waals surface area contributed by atoms with Crippen LogP contribution in [0.2, 0.25) is 0 Å². The molecule has 1 aliphatic rings. The van der Waals surface area contributed by atoms with Crippen molar-refractivity contribution in [3.05, 3.63) is 18.2 Å². The molecule has 0 aromatic carbocycles. The molecule has 0 bridgehead atoms. The van der Waals surface area contributed by atoms with E-state index in [0.717, 1.165) is 25.1 Å². The molecule has 1 saturated carbocycles. The molecule has 5 heteroatoms. The normalized spacial score (nSPS) is 26.2. The van der Waals surface area contributed by atoms with Gasteiger partial charge in [0.15, 0.2) is 0 Å². The summed E-state index contributed by atoms with van der Waals surface area (Å²) in [5.74, 6) is 0.753. The number of rotatable bonds is 6. The number of hydrogen-bond donors (Lipinski definition) is 1. The molecule has 1 N–H and O–H groups in total. The lowest BCUT2D eigenvalue weighted by atomic mass is 9.76. The molecule has 0 amide bonds. The molecular formula is C16H27N3O2. The summed E-state index contributed by atoms with van der Waals surface area (Å²) in [6.45, 7) is 2.91. The van der Waals surface area contributed by atoms with Crippen molar-refractivity contribution >= 4 is 5.97 Å². The van der Waals surface area contributed by atoms with Crippen LogP contribution in [0.4, 0.5) is 0 Å². The van der Waals surface area contributed by atoms with E-state index in [1.54, 1.807) is 6.20 Å². The monoisotopic (exact) mass is 293 g/mol. The zero-order valence-corrected chi connectivity index (χ0v) is 13.3. The summed E-state index contributed by atoms with van der Waals surface area (Å²) in [6, 6.07) is 0.115. The SMILES string of the molecule is CCCC1CCC(C(=O)O)C(N(C)Cc2nccn2C)C1. The van der Waals surface area contributed by atoms with E-state index in [1.807, 2.05) is 24.9 Å². The molecule has 1 fully saturated rings. The number of aliphatic carboxylic acids is 1. The van der Waals surface area contributed by atoms with Crippen LogP contribution in [0.1, 0.15) is 44.9 Å². The number of imidazole rings is 1. The summed E-state index contributed by atoms with van der Waals surface area (Å²) in [5.41, 5.74) is 0. The predicted octanol–water partition coefficient (Wildman–Crippen LogP) is 2.52. The minimum absolute atomic E-state index is 0.115. The highest BCUT2D eigenvalue weighted by Gasteiger charge is 2.37. The van der Waals surface area contributed by atoms with Gasteiger partial charge in [0.05, 0.1) is 12.5 Å². The van der Waals surface area contributed by atoms with Crippen molar-refractivity contribution in [1.29, 1.82) is 0 Å². The first-order valence-electron chi connectivity index (χ1n) is 7.92. The first-order chi connectivity index (χ1) is 10.0. The van der Waals surface area contributed by atoms with Crippen LogP contribution in [0.5, 0.6) is 0 Å². The Morgan fingerprint density at radius 3 is 2.86 bits per heavy atom. The summed E-state index contributed by atoms with van der Waals surface area (Å²) in [5, 5.41) is 9.51. The zero-order chi connectivity index (χ0) is 15.4. The Kier molecular flexibility index (Phi) is 5.39. The van der Waals surface area contributed by atoms with Crippen molar-refractivity contribution in [2.45, 2.75) is 51.6 Å². The summed E-state index contributed by atoms with van der Waals surface area (Å²) >= 11 is 0. The minimum Gasteiger partial charge on any atom is -0.481 e. The van der Waals surface area contributed by atoms with Crippen LogP contribution in [0.15, 0.2) is 12.4 Å². The van der Waals surface area contributed by atoms with Gasteiger partial charge in [-0.1, -0.05) is 19.8 Å². The van der Waals surface area contributed by atoms with E-state index in [9.17, 15) is 9.90 Å². The third-order valence-electron chi connectivity index (χ3n) is 4.82. The highest BCUT2D eigenvalue weighted by molar-refractivity contribution is 5.71. The minimum atomic E-state index is -0.651. The maximum absolute atomic E-state index is 11.6. The van der Waals surface area contributed by atoms with Crippen LogP contribution < -0.4 is 0 Å². The molecule has 118 valence electrons. The molecular weight excluding hydrogens is 266 g/mol. The molecule has 5 nitrogen and oxygen atoms in total. The van der Waals surface area contributed by atoms with Crippen molar-refractivity contribution in [3.8, 4) is 0 Å². The number of hydrogen-bond acceptors (Lipinski definition) is 3. The van der Waals surface area contributed by atoms with Gasteiger partial charge in [0, 0.05) is 25.5 Å². The average Bonchev–Trinajstić information content (AvgIpc) is 2.84. The Bertz CT molecular complexity index is 472. The molecule has 3 atom stereocenters. The van der Waals surface area contributed by atoms with E-state index in [2.05, 4.69) is 16.8 Å². The standard InChI is InChI=1S/C16H27N3O2/c1-4-5-12-6-7-13(16(20)21)14(10-12)19(3)11-15-17-8-9-18(15)2/h8-9,12-14H,4-7,10-11H2,1-3H3,(H,20,21). The smallest absolute Gasteiger partial charge is 0.308 e. The first kappa shape index (κ1) is 16.0. The first-order valence-corrected chi connectivity index (χ1v) is 7.92. The zero-order valence-electron chi connectivity index (χ0n) is 13.3. The topological polar surface area (TPSA) is 58.4 Å². The van der Waals surface area contributed by atoms with E-state index in [-0.39, 0.29) is 12.0 Å². The molecule has 21 heavy (non-hydrogen) atoms. The van der Waals surface area contributed by atoms with Crippen LogP contribution in [0, 0.1) is 11.8 Å². The van der Waals surface area contributed by atoms with E-state index < -0.39 is 5.97 Å². The fraction of sp³-hybridized carbons (Fsp3) is 0.750. The summed E-state index contributed by atoms with van der Waals surface area (Å²) in [7, 11) is 4.01. The van der Waals surface area contributed by atoms with Gasteiger partial charge in [-0.3, -0.25) is 9.69 Å².